The number of nitrogens with one attached hydrogen (secondary N) is 1. The fourth-order valence-corrected chi connectivity index (χ4v) is 1.44. The summed E-state index contributed by atoms with van der Waals surface area (Å²) in [7, 11) is 0. The Morgan fingerprint density at radius 3 is 2.79 bits per heavy atom. The van der Waals surface area contributed by atoms with Gasteiger partial charge in [0.25, 0.3) is 0 Å². The number of hydrogen-bond acceptors (Lipinski definition) is 2. The number of benzene rings is 1. The Labute approximate surface area is 91.3 Å². The molecule has 0 saturated carbocycles. The van der Waals surface area contributed by atoms with E-state index in [9.17, 15) is 4.39 Å². The van der Waals surface area contributed by atoms with Gasteiger partial charge < -0.3 is 10.4 Å². The molecule has 0 aliphatic rings. The molecule has 1 atom stereocenters. The molecule has 0 heterocycles. The van der Waals surface area contributed by atoms with E-state index in [1.807, 2.05) is 6.92 Å². The van der Waals surface area contributed by atoms with Gasteiger partial charge in [0.05, 0.1) is 10.6 Å². The van der Waals surface area contributed by atoms with Crippen molar-refractivity contribution in [2.45, 2.75) is 20.0 Å². The highest BCUT2D eigenvalue weighted by Gasteiger charge is 2.05. The maximum Gasteiger partial charge on any atom is 0.137 e. The van der Waals surface area contributed by atoms with Crippen LogP contribution in [0.1, 0.15) is 12.5 Å². The third-order valence-corrected chi connectivity index (χ3v) is 2.46. The second kappa shape index (κ2) is 4.75. The van der Waals surface area contributed by atoms with Crippen molar-refractivity contribution in [2.75, 3.05) is 11.9 Å². The van der Waals surface area contributed by atoms with Crippen molar-refractivity contribution in [1.82, 2.24) is 0 Å². The lowest BCUT2D eigenvalue weighted by Gasteiger charge is -2.11. The largest absolute Gasteiger partial charge is 0.392 e. The Morgan fingerprint density at radius 2 is 2.21 bits per heavy atom. The first-order chi connectivity index (χ1) is 6.50. The van der Waals surface area contributed by atoms with Crippen molar-refractivity contribution >= 4 is 21.6 Å². The number of rotatable bonds is 3. The van der Waals surface area contributed by atoms with Crippen molar-refractivity contribution in [3.05, 3.63) is 28.0 Å². The van der Waals surface area contributed by atoms with E-state index < -0.39 is 6.10 Å². The molecule has 0 spiro atoms. The topological polar surface area (TPSA) is 32.3 Å². The Kier molecular flexibility index (Phi) is 3.89. The summed E-state index contributed by atoms with van der Waals surface area (Å²) < 4.78 is 13.5. The third kappa shape index (κ3) is 2.96. The van der Waals surface area contributed by atoms with Crippen LogP contribution in [0, 0.1) is 12.7 Å². The number of aryl methyl sites for hydroxylation is 1. The molecule has 2 N–H and O–H groups in total. The lowest BCUT2D eigenvalue weighted by atomic mass is 10.2. The van der Waals surface area contributed by atoms with Gasteiger partial charge in [-0.3, -0.25) is 0 Å². The van der Waals surface area contributed by atoms with Crippen molar-refractivity contribution < 1.29 is 9.50 Å². The van der Waals surface area contributed by atoms with Gasteiger partial charge in [0, 0.05) is 12.2 Å². The zero-order valence-electron chi connectivity index (χ0n) is 8.14. The molecule has 0 aliphatic heterocycles. The van der Waals surface area contributed by atoms with Crippen LogP contribution in [0.4, 0.5) is 10.1 Å². The molecule has 0 amide bonds. The summed E-state index contributed by atoms with van der Waals surface area (Å²) in [5.41, 5.74) is 1.66. The van der Waals surface area contributed by atoms with E-state index in [-0.39, 0.29) is 5.82 Å². The predicted octanol–water partition coefficient (Wildman–Crippen LogP) is 2.69. The first-order valence-electron chi connectivity index (χ1n) is 4.38. The van der Waals surface area contributed by atoms with Gasteiger partial charge in [-0.1, -0.05) is 0 Å². The van der Waals surface area contributed by atoms with E-state index in [0.29, 0.717) is 11.0 Å². The van der Waals surface area contributed by atoms with Crippen LogP contribution in [0.5, 0.6) is 0 Å². The molecule has 78 valence electrons. The van der Waals surface area contributed by atoms with Gasteiger partial charge in [0.15, 0.2) is 0 Å². The fraction of sp³-hybridized carbons (Fsp3) is 0.400. The Morgan fingerprint density at radius 1 is 1.57 bits per heavy atom. The number of aliphatic hydroxyl groups is 1. The minimum atomic E-state index is -0.418. The minimum absolute atomic E-state index is 0.273. The van der Waals surface area contributed by atoms with E-state index in [0.717, 1.165) is 11.3 Å². The standard InChI is InChI=1S/C10H13BrFNO/c1-6-3-9(12)8(11)4-10(6)13-5-7(2)14/h3-4,7,13-14H,5H2,1-2H3/t7-/m0/s1. The van der Waals surface area contributed by atoms with Gasteiger partial charge in [0.1, 0.15) is 5.82 Å². The van der Waals surface area contributed by atoms with Gasteiger partial charge >= 0.3 is 0 Å². The molecule has 1 aromatic carbocycles. The summed E-state index contributed by atoms with van der Waals surface area (Å²) in [6.07, 6.45) is -0.418. The van der Waals surface area contributed by atoms with Gasteiger partial charge in [-0.05, 0) is 47.5 Å². The summed E-state index contributed by atoms with van der Waals surface area (Å²) in [4.78, 5) is 0. The van der Waals surface area contributed by atoms with Crippen LogP contribution < -0.4 is 5.32 Å². The average molecular weight is 262 g/mol. The van der Waals surface area contributed by atoms with Crippen LogP contribution >= 0.6 is 15.9 Å². The lowest BCUT2D eigenvalue weighted by Crippen LogP contribution is -2.15. The molecular weight excluding hydrogens is 249 g/mol. The summed E-state index contributed by atoms with van der Waals surface area (Å²) >= 11 is 3.11. The molecule has 0 unspecified atom stereocenters. The molecule has 1 rings (SSSR count). The second-order valence-electron chi connectivity index (χ2n) is 3.31. The van der Waals surface area contributed by atoms with Crippen LogP contribution in [0.25, 0.3) is 0 Å². The molecule has 0 radical (unpaired) electrons. The zero-order valence-corrected chi connectivity index (χ0v) is 9.73. The van der Waals surface area contributed by atoms with Gasteiger partial charge in [-0.25, -0.2) is 4.39 Å². The molecule has 0 aromatic heterocycles. The second-order valence-corrected chi connectivity index (χ2v) is 4.17. The number of halogens is 2. The first-order valence-corrected chi connectivity index (χ1v) is 5.17. The predicted molar refractivity (Wildman–Crippen MR) is 59.0 cm³/mol. The van der Waals surface area contributed by atoms with Crippen molar-refractivity contribution in [3.63, 3.8) is 0 Å². The maximum absolute atomic E-state index is 13.0. The van der Waals surface area contributed by atoms with Crippen LogP contribution in [-0.2, 0) is 0 Å². The normalized spacial score (nSPS) is 12.6. The lowest BCUT2D eigenvalue weighted by molar-refractivity contribution is 0.208. The highest BCUT2D eigenvalue weighted by molar-refractivity contribution is 9.10. The summed E-state index contributed by atoms with van der Waals surface area (Å²) in [5, 5.41) is 12.1. The van der Waals surface area contributed by atoms with Crippen LogP contribution in [0.2, 0.25) is 0 Å². The highest BCUT2D eigenvalue weighted by Crippen LogP contribution is 2.24. The molecule has 2 nitrogen and oxygen atoms in total. The van der Waals surface area contributed by atoms with Crippen molar-refractivity contribution in [2.24, 2.45) is 0 Å². The number of hydrogen-bond donors (Lipinski definition) is 2. The van der Waals surface area contributed by atoms with Crippen LogP contribution in [-0.4, -0.2) is 17.8 Å². The SMILES string of the molecule is Cc1cc(F)c(Br)cc1NC[C@H](C)O. The first kappa shape index (κ1) is 11.5. The average Bonchev–Trinajstić information content (AvgIpc) is 2.09. The molecule has 4 heteroatoms. The Balaban J connectivity index is 2.82. The summed E-state index contributed by atoms with van der Waals surface area (Å²) in [6.45, 7) is 3.97. The maximum atomic E-state index is 13.0. The highest BCUT2D eigenvalue weighted by atomic mass is 79.9. The van der Waals surface area contributed by atoms with E-state index in [1.54, 1.807) is 13.0 Å². The summed E-state index contributed by atoms with van der Waals surface area (Å²) in [5.74, 6) is -0.273. The van der Waals surface area contributed by atoms with Crippen LogP contribution in [0.15, 0.2) is 16.6 Å². The molecule has 0 aliphatic carbocycles. The van der Waals surface area contributed by atoms with E-state index in [1.165, 1.54) is 6.07 Å². The smallest absolute Gasteiger partial charge is 0.137 e. The minimum Gasteiger partial charge on any atom is -0.392 e. The van der Waals surface area contributed by atoms with Crippen molar-refractivity contribution in [1.29, 1.82) is 0 Å². The fourth-order valence-electron chi connectivity index (χ4n) is 1.09. The van der Waals surface area contributed by atoms with Gasteiger partial charge in [0.2, 0.25) is 0 Å². The van der Waals surface area contributed by atoms with Crippen LogP contribution in [0.3, 0.4) is 0 Å². The number of aliphatic hydroxyl groups excluding tert-OH is 1. The summed E-state index contributed by atoms with van der Waals surface area (Å²) in [6, 6.07) is 3.13. The van der Waals surface area contributed by atoms with Gasteiger partial charge in [-0.15, -0.1) is 0 Å². The van der Waals surface area contributed by atoms with Crippen molar-refractivity contribution in [3.8, 4) is 0 Å². The molecule has 0 bridgehead atoms. The van der Waals surface area contributed by atoms with E-state index >= 15 is 0 Å². The molecular formula is C10H13BrFNO. The third-order valence-electron chi connectivity index (χ3n) is 1.86. The molecule has 0 fully saturated rings. The Hall–Kier alpha value is -0.610. The van der Waals surface area contributed by atoms with E-state index in [2.05, 4.69) is 21.2 Å². The molecule has 14 heavy (non-hydrogen) atoms. The zero-order chi connectivity index (χ0) is 10.7. The Bertz CT molecular complexity index is 328. The molecule has 0 saturated heterocycles. The monoisotopic (exact) mass is 261 g/mol. The molecule has 1 aromatic rings. The number of anilines is 1. The van der Waals surface area contributed by atoms with E-state index in [4.69, 9.17) is 5.11 Å². The van der Waals surface area contributed by atoms with Gasteiger partial charge in [-0.2, -0.15) is 0 Å². The quantitative estimate of drug-likeness (QED) is 0.877.